The number of nitrogens with zero attached hydrogens (tertiary/aromatic N) is 2. The minimum absolute atomic E-state index is 0.168. The van der Waals surface area contributed by atoms with Crippen LogP contribution in [0.5, 0.6) is 5.75 Å². The predicted octanol–water partition coefficient (Wildman–Crippen LogP) is 5.10. The number of nitrogens with one attached hydrogen (secondary N) is 1. The molecule has 2 heterocycles. The summed E-state index contributed by atoms with van der Waals surface area (Å²) in [5.74, 6) is 0.451. The van der Waals surface area contributed by atoms with Crippen LogP contribution in [-0.4, -0.2) is 49.4 Å². The molecule has 1 fully saturated rings. The van der Waals surface area contributed by atoms with Crippen LogP contribution in [0.4, 0.5) is 11.4 Å². The molecule has 3 aromatic carbocycles. The van der Waals surface area contributed by atoms with Crippen molar-refractivity contribution in [3.63, 3.8) is 0 Å². The van der Waals surface area contributed by atoms with Gasteiger partial charge in [0.1, 0.15) is 12.4 Å². The summed E-state index contributed by atoms with van der Waals surface area (Å²) >= 11 is 0. The van der Waals surface area contributed by atoms with Crippen molar-refractivity contribution in [2.24, 2.45) is 0 Å². The van der Waals surface area contributed by atoms with Crippen LogP contribution in [0.25, 0.3) is 17.2 Å². The molecule has 1 amide bonds. The number of carbonyl (C=O) groups is 1. The van der Waals surface area contributed by atoms with E-state index in [2.05, 4.69) is 10.2 Å². The summed E-state index contributed by atoms with van der Waals surface area (Å²) in [6, 6.07) is 23.2. The van der Waals surface area contributed by atoms with Gasteiger partial charge < -0.3 is 15.8 Å². The second-order valence-electron chi connectivity index (χ2n) is 9.64. The van der Waals surface area contributed by atoms with E-state index in [9.17, 15) is 13.2 Å². The van der Waals surface area contributed by atoms with Gasteiger partial charge in [0.15, 0.2) is 0 Å². The molecule has 3 N–H and O–H groups in total. The van der Waals surface area contributed by atoms with E-state index in [1.807, 2.05) is 24.3 Å². The number of ether oxygens (including phenoxy) is 1. The first-order valence-electron chi connectivity index (χ1n) is 13.2. The van der Waals surface area contributed by atoms with Crippen molar-refractivity contribution in [3.05, 3.63) is 103 Å². The average Bonchev–Trinajstić information content (AvgIpc) is 3.67. The number of para-hydroxylation sites is 2. The van der Waals surface area contributed by atoms with Crippen LogP contribution in [0.3, 0.4) is 0 Å². The first-order chi connectivity index (χ1) is 19.4. The molecule has 0 saturated carbocycles. The van der Waals surface area contributed by atoms with Gasteiger partial charge >= 0.3 is 0 Å². The number of hydrogen-bond acceptors (Lipinski definition) is 6. The monoisotopic (exact) mass is 556 g/mol. The Morgan fingerprint density at radius 3 is 2.30 bits per heavy atom. The van der Waals surface area contributed by atoms with Crippen molar-refractivity contribution in [2.45, 2.75) is 17.7 Å². The number of nitrogens with two attached hydrogens (primary N) is 1. The lowest BCUT2D eigenvalue weighted by atomic mass is 10.1. The van der Waals surface area contributed by atoms with Gasteiger partial charge in [-0.05, 0) is 91.2 Å². The van der Waals surface area contributed by atoms with Crippen molar-refractivity contribution < 1.29 is 17.9 Å². The number of benzene rings is 3. The number of hydrogen-bond donors (Lipinski definition) is 2. The molecule has 40 heavy (non-hydrogen) atoms. The molecule has 1 saturated heterocycles. The van der Waals surface area contributed by atoms with Gasteiger partial charge in [-0.15, -0.1) is 0 Å². The van der Waals surface area contributed by atoms with Crippen molar-refractivity contribution >= 4 is 33.4 Å². The van der Waals surface area contributed by atoms with E-state index in [0.29, 0.717) is 23.5 Å². The third-order valence-electron chi connectivity index (χ3n) is 6.83. The largest absolute Gasteiger partial charge is 0.492 e. The molecule has 5 rings (SSSR count). The van der Waals surface area contributed by atoms with E-state index < -0.39 is 10.0 Å². The Hall–Kier alpha value is -4.34. The van der Waals surface area contributed by atoms with E-state index in [-0.39, 0.29) is 10.8 Å². The van der Waals surface area contributed by atoms with Crippen LogP contribution in [-0.2, 0) is 14.8 Å². The SMILES string of the molecule is Nc1ccccc1NC(=O)/C=C/c1ccn(S(=O)(=O)c2ccc(-c3ccc(OCCN4CCCC4)cc3)cc2)c1. The molecule has 0 atom stereocenters. The Labute approximate surface area is 234 Å². The highest BCUT2D eigenvalue weighted by Gasteiger charge is 2.17. The second-order valence-corrected chi connectivity index (χ2v) is 11.5. The molecule has 0 unspecified atom stereocenters. The van der Waals surface area contributed by atoms with Gasteiger partial charge in [0, 0.05) is 25.0 Å². The molecule has 1 aliphatic heterocycles. The molecule has 0 aliphatic carbocycles. The summed E-state index contributed by atoms with van der Waals surface area (Å²) in [5.41, 5.74) is 9.27. The highest BCUT2D eigenvalue weighted by molar-refractivity contribution is 7.90. The Morgan fingerprint density at radius 2 is 1.60 bits per heavy atom. The van der Waals surface area contributed by atoms with E-state index in [4.69, 9.17) is 10.5 Å². The fraction of sp³-hybridized carbons (Fsp3) is 0.194. The minimum atomic E-state index is -3.79. The summed E-state index contributed by atoms with van der Waals surface area (Å²) in [4.78, 5) is 14.8. The van der Waals surface area contributed by atoms with Gasteiger partial charge in [0.05, 0.1) is 16.3 Å². The first kappa shape index (κ1) is 27.2. The number of amides is 1. The van der Waals surface area contributed by atoms with Gasteiger partial charge in [-0.25, -0.2) is 12.4 Å². The standard InChI is InChI=1S/C31H32N4O4S/c32-29-5-1-2-6-30(29)33-31(36)16-7-24-17-20-35(23-24)40(37,38)28-14-10-26(11-15-28)25-8-12-27(13-9-25)39-22-21-34-18-3-4-19-34/h1-2,5-17,20,23H,3-4,18-19,21-22,32H2,(H,33,36)/b16-7+. The van der Waals surface area contributed by atoms with E-state index in [0.717, 1.165) is 40.5 Å². The predicted molar refractivity (Wildman–Crippen MR) is 159 cm³/mol. The normalized spacial score (nSPS) is 14.0. The Morgan fingerprint density at radius 1 is 0.925 bits per heavy atom. The van der Waals surface area contributed by atoms with Crippen LogP contribution in [0, 0.1) is 0 Å². The van der Waals surface area contributed by atoms with Crippen molar-refractivity contribution in [1.29, 1.82) is 0 Å². The molecule has 1 aliphatic rings. The van der Waals surface area contributed by atoms with Crippen LogP contribution in [0.1, 0.15) is 18.4 Å². The van der Waals surface area contributed by atoms with Crippen LogP contribution in [0.15, 0.2) is 102 Å². The fourth-order valence-corrected chi connectivity index (χ4v) is 5.79. The Balaban J connectivity index is 1.19. The maximum absolute atomic E-state index is 13.2. The maximum atomic E-state index is 13.2. The number of nitrogen functional groups attached to an aromatic ring is 1. The smallest absolute Gasteiger partial charge is 0.267 e. The lowest BCUT2D eigenvalue weighted by molar-refractivity contribution is -0.111. The van der Waals surface area contributed by atoms with Gasteiger partial charge in [0.2, 0.25) is 5.91 Å². The van der Waals surface area contributed by atoms with Crippen LogP contribution >= 0.6 is 0 Å². The number of aromatic nitrogens is 1. The molecule has 9 heteroatoms. The summed E-state index contributed by atoms with van der Waals surface area (Å²) in [6.45, 7) is 3.91. The molecule has 1 aromatic heterocycles. The minimum Gasteiger partial charge on any atom is -0.492 e. The Kier molecular flexibility index (Phi) is 8.33. The third kappa shape index (κ3) is 6.62. The van der Waals surface area contributed by atoms with Crippen LogP contribution in [0.2, 0.25) is 0 Å². The lowest BCUT2D eigenvalue weighted by Gasteiger charge is -2.15. The van der Waals surface area contributed by atoms with Gasteiger partial charge in [-0.1, -0.05) is 36.4 Å². The summed E-state index contributed by atoms with van der Waals surface area (Å²) in [7, 11) is -3.79. The molecule has 4 aromatic rings. The zero-order chi connectivity index (χ0) is 28.0. The molecule has 8 nitrogen and oxygen atoms in total. The highest BCUT2D eigenvalue weighted by Crippen LogP contribution is 2.25. The van der Waals surface area contributed by atoms with E-state index in [1.165, 1.54) is 31.3 Å². The number of likely N-dealkylation sites (tertiary alicyclic amines) is 1. The fourth-order valence-electron chi connectivity index (χ4n) is 4.58. The van der Waals surface area contributed by atoms with E-state index in [1.54, 1.807) is 60.7 Å². The summed E-state index contributed by atoms with van der Waals surface area (Å²) in [6.07, 6.45) is 8.33. The van der Waals surface area contributed by atoms with Crippen LogP contribution < -0.4 is 15.8 Å². The molecule has 0 radical (unpaired) electrons. The molecule has 0 bridgehead atoms. The van der Waals surface area contributed by atoms with Gasteiger partial charge in [-0.2, -0.15) is 0 Å². The number of rotatable bonds is 10. The molecular formula is C31H32N4O4S. The van der Waals surface area contributed by atoms with E-state index >= 15 is 0 Å². The maximum Gasteiger partial charge on any atom is 0.267 e. The quantitative estimate of drug-likeness (QED) is 0.208. The Bertz CT molecular complexity index is 1590. The third-order valence-corrected chi connectivity index (χ3v) is 8.48. The zero-order valence-corrected chi connectivity index (χ0v) is 22.9. The summed E-state index contributed by atoms with van der Waals surface area (Å²) in [5, 5.41) is 2.70. The van der Waals surface area contributed by atoms with Gasteiger partial charge in [-0.3, -0.25) is 9.69 Å². The molecular weight excluding hydrogens is 524 g/mol. The molecule has 206 valence electrons. The van der Waals surface area contributed by atoms with Crippen molar-refractivity contribution in [1.82, 2.24) is 8.87 Å². The van der Waals surface area contributed by atoms with Crippen molar-refractivity contribution in [2.75, 3.05) is 37.3 Å². The molecule has 0 spiro atoms. The number of carbonyl (C=O) groups excluding carboxylic acids is 1. The lowest BCUT2D eigenvalue weighted by Crippen LogP contribution is -2.25. The average molecular weight is 557 g/mol. The highest BCUT2D eigenvalue weighted by atomic mass is 32.2. The van der Waals surface area contributed by atoms with Gasteiger partial charge in [0.25, 0.3) is 10.0 Å². The topological polar surface area (TPSA) is 107 Å². The second kappa shape index (κ2) is 12.2. The zero-order valence-electron chi connectivity index (χ0n) is 22.1. The summed E-state index contributed by atoms with van der Waals surface area (Å²) < 4.78 is 33.4. The van der Waals surface area contributed by atoms with Crippen molar-refractivity contribution in [3.8, 4) is 16.9 Å². The number of anilines is 2. The first-order valence-corrected chi connectivity index (χ1v) is 14.7.